The molecule has 2 saturated carbocycles. The summed E-state index contributed by atoms with van der Waals surface area (Å²) in [5, 5.41) is 0. The third-order valence-electron chi connectivity index (χ3n) is 4.07. The zero-order chi connectivity index (χ0) is 11.5. The lowest BCUT2D eigenvalue weighted by molar-refractivity contribution is 0.421. The second-order valence-corrected chi connectivity index (χ2v) is 5.63. The van der Waals surface area contributed by atoms with E-state index in [0.29, 0.717) is 6.04 Å². The monoisotopic (exact) mass is 223 g/mol. The molecule has 0 spiro atoms. The average molecular weight is 223 g/mol. The molecule has 0 radical (unpaired) electrons. The maximum absolute atomic E-state index is 6.05. The summed E-state index contributed by atoms with van der Waals surface area (Å²) in [5.41, 5.74) is 6.05. The Morgan fingerprint density at radius 1 is 1.31 bits per heavy atom. The number of guanidine groups is 1. The lowest BCUT2D eigenvalue weighted by Gasteiger charge is -2.22. The molecule has 2 N–H and O–H groups in total. The SMILES string of the molecule is CC1CC1CN(C)C(N)=NC1CCCCC1. The van der Waals surface area contributed by atoms with Gasteiger partial charge in [-0.05, 0) is 31.1 Å². The molecular formula is C13H25N3. The molecule has 92 valence electrons. The predicted molar refractivity (Wildman–Crippen MR) is 68.4 cm³/mol. The molecule has 0 aromatic rings. The Kier molecular flexibility index (Phi) is 3.72. The standard InChI is InChI=1S/C13H25N3/c1-10-8-11(10)9-16(2)13(14)15-12-6-4-3-5-7-12/h10-12H,3-9H2,1-2H3,(H2,14,15). The van der Waals surface area contributed by atoms with Crippen molar-refractivity contribution in [1.82, 2.24) is 4.90 Å². The number of nitrogens with zero attached hydrogens (tertiary/aromatic N) is 2. The second-order valence-electron chi connectivity index (χ2n) is 5.63. The quantitative estimate of drug-likeness (QED) is 0.589. The van der Waals surface area contributed by atoms with E-state index in [4.69, 9.17) is 5.73 Å². The summed E-state index contributed by atoms with van der Waals surface area (Å²) >= 11 is 0. The van der Waals surface area contributed by atoms with Crippen LogP contribution in [0.1, 0.15) is 45.4 Å². The van der Waals surface area contributed by atoms with Crippen molar-refractivity contribution in [3.8, 4) is 0 Å². The Balaban J connectivity index is 1.79. The summed E-state index contributed by atoms with van der Waals surface area (Å²) in [6.45, 7) is 3.40. The molecule has 0 amide bonds. The summed E-state index contributed by atoms with van der Waals surface area (Å²) in [6.07, 6.45) is 7.85. The van der Waals surface area contributed by atoms with E-state index >= 15 is 0 Å². The number of aliphatic imine (C=N–C) groups is 1. The second kappa shape index (κ2) is 5.07. The Hall–Kier alpha value is -0.730. The molecule has 0 bridgehead atoms. The third-order valence-corrected chi connectivity index (χ3v) is 4.07. The van der Waals surface area contributed by atoms with Crippen molar-refractivity contribution in [2.24, 2.45) is 22.6 Å². The molecule has 2 aliphatic carbocycles. The highest BCUT2D eigenvalue weighted by Crippen LogP contribution is 2.37. The van der Waals surface area contributed by atoms with Crippen molar-refractivity contribution in [2.45, 2.75) is 51.5 Å². The highest BCUT2D eigenvalue weighted by molar-refractivity contribution is 5.78. The normalized spacial score (nSPS) is 31.5. The third kappa shape index (κ3) is 3.13. The molecule has 0 heterocycles. The first-order chi connectivity index (χ1) is 7.66. The maximum atomic E-state index is 6.05. The van der Waals surface area contributed by atoms with Gasteiger partial charge in [-0.15, -0.1) is 0 Å². The fourth-order valence-corrected chi connectivity index (χ4v) is 2.59. The Labute approximate surface area is 99.1 Å². The van der Waals surface area contributed by atoms with Crippen LogP contribution in [-0.2, 0) is 0 Å². The van der Waals surface area contributed by atoms with Crippen molar-refractivity contribution < 1.29 is 0 Å². The van der Waals surface area contributed by atoms with Crippen LogP contribution in [-0.4, -0.2) is 30.5 Å². The van der Waals surface area contributed by atoms with Crippen molar-refractivity contribution in [3.05, 3.63) is 0 Å². The Morgan fingerprint density at radius 3 is 2.50 bits per heavy atom. The van der Waals surface area contributed by atoms with Gasteiger partial charge >= 0.3 is 0 Å². The summed E-state index contributed by atoms with van der Waals surface area (Å²) in [5.74, 6) is 2.50. The highest BCUT2D eigenvalue weighted by Gasteiger charge is 2.33. The van der Waals surface area contributed by atoms with Gasteiger partial charge in [-0.3, -0.25) is 0 Å². The first kappa shape index (κ1) is 11.7. The molecule has 0 saturated heterocycles. The van der Waals surface area contributed by atoms with Gasteiger partial charge in [-0.1, -0.05) is 26.2 Å². The van der Waals surface area contributed by atoms with Crippen LogP contribution in [0, 0.1) is 11.8 Å². The van der Waals surface area contributed by atoms with E-state index in [2.05, 4.69) is 23.9 Å². The van der Waals surface area contributed by atoms with Crippen LogP contribution < -0.4 is 5.73 Å². The lowest BCUT2D eigenvalue weighted by Crippen LogP contribution is -2.37. The molecule has 2 fully saturated rings. The van der Waals surface area contributed by atoms with Gasteiger partial charge in [0.25, 0.3) is 0 Å². The van der Waals surface area contributed by atoms with Crippen LogP contribution in [0.25, 0.3) is 0 Å². The molecule has 0 aliphatic heterocycles. The van der Waals surface area contributed by atoms with Gasteiger partial charge in [0.05, 0.1) is 6.04 Å². The molecule has 2 aliphatic rings. The van der Waals surface area contributed by atoms with Crippen molar-refractivity contribution in [2.75, 3.05) is 13.6 Å². The maximum Gasteiger partial charge on any atom is 0.191 e. The number of hydrogen-bond acceptors (Lipinski definition) is 1. The largest absolute Gasteiger partial charge is 0.370 e. The Bertz CT molecular complexity index is 256. The van der Waals surface area contributed by atoms with Crippen LogP contribution in [0.15, 0.2) is 4.99 Å². The summed E-state index contributed by atoms with van der Waals surface area (Å²) in [7, 11) is 2.08. The van der Waals surface area contributed by atoms with E-state index in [1.807, 2.05) is 0 Å². The number of hydrogen-bond donors (Lipinski definition) is 1. The lowest BCUT2D eigenvalue weighted by atomic mass is 9.96. The van der Waals surface area contributed by atoms with Crippen LogP contribution in [0.3, 0.4) is 0 Å². The summed E-state index contributed by atoms with van der Waals surface area (Å²) < 4.78 is 0. The van der Waals surface area contributed by atoms with E-state index in [-0.39, 0.29) is 0 Å². The van der Waals surface area contributed by atoms with Gasteiger partial charge in [-0.25, -0.2) is 4.99 Å². The minimum atomic E-state index is 0.493. The van der Waals surface area contributed by atoms with Crippen LogP contribution >= 0.6 is 0 Å². The fraction of sp³-hybridized carbons (Fsp3) is 0.923. The van der Waals surface area contributed by atoms with Crippen LogP contribution in [0.4, 0.5) is 0 Å². The van der Waals surface area contributed by atoms with Crippen molar-refractivity contribution in [3.63, 3.8) is 0 Å². The molecular weight excluding hydrogens is 198 g/mol. The summed E-state index contributed by atoms with van der Waals surface area (Å²) in [4.78, 5) is 6.80. The Morgan fingerprint density at radius 2 is 1.94 bits per heavy atom. The zero-order valence-corrected chi connectivity index (χ0v) is 10.7. The molecule has 3 nitrogen and oxygen atoms in total. The smallest absolute Gasteiger partial charge is 0.191 e. The van der Waals surface area contributed by atoms with Gasteiger partial charge in [0, 0.05) is 13.6 Å². The van der Waals surface area contributed by atoms with Gasteiger partial charge in [0.15, 0.2) is 5.96 Å². The predicted octanol–water partition coefficient (Wildman–Crippen LogP) is 2.22. The molecule has 16 heavy (non-hydrogen) atoms. The molecule has 2 rings (SSSR count). The molecule has 0 aromatic carbocycles. The van der Waals surface area contributed by atoms with Gasteiger partial charge < -0.3 is 10.6 Å². The fourth-order valence-electron chi connectivity index (χ4n) is 2.59. The van der Waals surface area contributed by atoms with Gasteiger partial charge in [-0.2, -0.15) is 0 Å². The molecule has 3 heteroatoms. The first-order valence-corrected chi connectivity index (χ1v) is 6.71. The van der Waals surface area contributed by atoms with Crippen LogP contribution in [0.2, 0.25) is 0 Å². The van der Waals surface area contributed by atoms with Gasteiger partial charge in [0.1, 0.15) is 0 Å². The highest BCUT2D eigenvalue weighted by atomic mass is 15.2. The van der Waals surface area contributed by atoms with E-state index in [0.717, 1.165) is 24.3 Å². The number of nitrogens with two attached hydrogens (primary N) is 1. The molecule has 2 unspecified atom stereocenters. The molecule has 0 aromatic heterocycles. The first-order valence-electron chi connectivity index (χ1n) is 6.71. The number of rotatable bonds is 3. The van der Waals surface area contributed by atoms with E-state index < -0.39 is 0 Å². The van der Waals surface area contributed by atoms with E-state index in [1.54, 1.807) is 0 Å². The van der Waals surface area contributed by atoms with Crippen molar-refractivity contribution >= 4 is 5.96 Å². The van der Waals surface area contributed by atoms with E-state index in [9.17, 15) is 0 Å². The minimum Gasteiger partial charge on any atom is -0.370 e. The van der Waals surface area contributed by atoms with Crippen molar-refractivity contribution in [1.29, 1.82) is 0 Å². The zero-order valence-electron chi connectivity index (χ0n) is 10.7. The summed E-state index contributed by atoms with van der Waals surface area (Å²) in [6, 6.07) is 0.493. The van der Waals surface area contributed by atoms with E-state index in [1.165, 1.54) is 38.5 Å². The minimum absolute atomic E-state index is 0.493. The average Bonchev–Trinajstić information content (AvgIpc) is 2.95. The topological polar surface area (TPSA) is 41.6 Å². The van der Waals surface area contributed by atoms with Crippen LogP contribution in [0.5, 0.6) is 0 Å². The molecule has 2 atom stereocenters. The van der Waals surface area contributed by atoms with Gasteiger partial charge in [0.2, 0.25) is 0 Å².